The number of hydrogen-bond donors (Lipinski definition) is 0. The Morgan fingerprint density at radius 3 is 1.17 bits per heavy atom. The van der Waals surface area contributed by atoms with Crippen LogP contribution in [0.3, 0.4) is 0 Å². The van der Waals surface area contributed by atoms with Crippen molar-refractivity contribution in [3.63, 3.8) is 0 Å². The summed E-state index contributed by atoms with van der Waals surface area (Å²) in [6.07, 6.45) is -2.28. The van der Waals surface area contributed by atoms with Crippen molar-refractivity contribution in [1.82, 2.24) is 15.0 Å². The first-order chi connectivity index (χ1) is 33.4. The molecule has 69 heavy (non-hydrogen) atoms. The van der Waals surface area contributed by atoms with E-state index in [-0.39, 0.29) is 77.8 Å². The third-order valence-electron chi connectivity index (χ3n) is 10.9. The summed E-state index contributed by atoms with van der Waals surface area (Å²) in [4.78, 5) is 77.2. The molecule has 1 aromatic heterocycles. The Kier molecular flexibility index (Phi) is 16.6. The van der Waals surface area contributed by atoms with Gasteiger partial charge < -0.3 is 66.3 Å². The summed E-state index contributed by atoms with van der Waals surface area (Å²) in [5, 5.41) is 0. The fraction of sp³-hybridized carbons (Fsp3) is 0.447. The average molecular weight is 962 g/mol. The lowest BCUT2D eigenvalue weighted by molar-refractivity contribution is -0.170. The molecular weight excluding hydrogens is 911 g/mol. The summed E-state index contributed by atoms with van der Waals surface area (Å²) in [5.41, 5.74) is 1.51. The lowest BCUT2D eigenvalue weighted by atomic mass is 10.0. The fourth-order valence-corrected chi connectivity index (χ4v) is 6.80. The molecule has 0 aliphatic carbocycles. The molecule has 0 spiro atoms. The van der Waals surface area contributed by atoms with E-state index in [1.165, 1.54) is 0 Å². The number of carbonyl (C=O) groups excluding carboxylic acids is 5. The predicted octanol–water partition coefficient (Wildman–Crippen LogP) is 6.56. The summed E-state index contributed by atoms with van der Waals surface area (Å²) >= 11 is 0. The standard InChI is InChI=1S/C47H51N3O19/c1-25-31(59-18-7-20-64-43(51)34-15-22-61-34)12-9-28(37(25)67-45(53)56-4)40-48-41(50-42(49-40)30-11-14-33(66-36-17-24-63-36)27(3)39(30)69-47(55)58-6)29-10-13-32(26(2)38(29)68-46(54)57-5)60-19-8-21-65-44(52)35-16-23-62-35/h9-14,34-36H,7-8,15-24H2,1-6H3. The smallest absolute Gasteiger partial charge is 0.493 e. The molecule has 22 nitrogen and oxygen atoms in total. The average Bonchev–Trinajstić information content (AvgIpc) is 3.29. The Morgan fingerprint density at radius 1 is 0.507 bits per heavy atom. The number of methoxy groups -OCH3 is 3. The van der Waals surface area contributed by atoms with Gasteiger partial charge in [0, 0.05) is 48.8 Å². The van der Waals surface area contributed by atoms with Gasteiger partial charge in [0.2, 0.25) is 6.29 Å². The molecule has 3 atom stereocenters. The van der Waals surface area contributed by atoms with E-state index >= 15 is 0 Å². The Balaban J connectivity index is 1.30. The van der Waals surface area contributed by atoms with Gasteiger partial charge in [-0.3, -0.25) is 0 Å². The van der Waals surface area contributed by atoms with Gasteiger partial charge in [-0.05, 0) is 57.2 Å². The van der Waals surface area contributed by atoms with Crippen LogP contribution in [0.1, 0.15) is 48.8 Å². The predicted molar refractivity (Wildman–Crippen MR) is 235 cm³/mol. The largest absolute Gasteiger partial charge is 0.513 e. The molecule has 4 aromatic rings. The molecule has 0 N–H and O–H groups in total. The first kappa shape index (κ1) is 49.6. The van der Waals surface area contributed by atoms with Crippen molar-refractivity contribution >= 4 is 30.4 Å². The summed E-state index contributed by atoms with van der Waals surface area (Å²) in [5.74, 6) is -0.298. The molecular formula is C47H51N3O19. The van der Waals surface area contributed by atoms with E-state index in [2.05, 4.69) is 0 Å². The van der Waals surface area contributed by atoms with E-state index in [1.807, 2.05) is 0 Å². The number of rotatable bonds is 20. The minimum atomic E-state index is -1.07. The molecule has 3 aliphatic rings. The van der Waals surface area contributed by atoms with Crippen LogP contribution >= 0.6 is 0 Å². The highest BCUT2D eigenvalue weighted by atomic mass is 16.7. The van der Waals surface area contributed by atoms with E-state index < -0.39 is 48.9 Å². The normalized spacial score (nSPS) is 16.8. The van der Waals surface area contributed by atoms with Crippen LogP contribution < -0.4 is 28.4 Å². The summed E-state index contributed by atoms with van der Waals surface area (Å²) in [6.45, 7) is 6.90. The Hall–Kier alpha value is -7.30. The van der Waals surface area contributed by atoms with Crippen molar-refractivity contribution in [2.24, 2.45) is 0 Å². The van der Waals surface area contributed by atoms with Gasteiger partial charge in [-0.25, -0.2) is 38.9 Å². The molecule has 3 aromatic carbocycles. The Morgan fingerprint density at radius 2 is 0.855 bits per heavy atom. The van der Waals surface area contributed by atoms with E-state index in [1.54, 1.807) is 57.2 Å². The van der Waals surface area contributed by atoms with Crippen LogP contribution in [0.4, 0.5) is 14.4 Å². The van der Waals surface area contributed by atoms with Gasteiger partial charge in [0.1, 0.15) is 17.2 Å². The zero-order chi connectivity index (χ0) is 49.0. The highest BCUT2D eigenvalue weighted by Crippen LogP contribution is 2.43. The molecule has 0 saturated carbocycles. The molecule has 22 heteroatoms. The lowest BCUT2D eigenvalue weighted by Crippen LogP contribution is -2.36. The maximum atomic E-state index is 12.9. The van der Waals surface area contributed by atoms with Crippen LogP contribution in [-0.2, 0) is 47.5 Å². The zero-order valence-corrected chi connectivity index (χ0v) is 38.8. The fourth-order valence-electron chi connectivity index (χ4n) is 6.80. The third kappa shape index (κ3) is 12.1. The summed E-state index contributed by atoms with van der Waals surface area (Å²) < 4.78 is 76.3. The van der Waals surface area contributed by atoms with Crippen LogP contribution in [0.5, 0.6) is 34.5 Å². The van der Waals surface area contributed by atoms with Crippen LogP contribution in [0.2, 0.25) is 0 Å². The highest BCUT2D eigenvalue weighted by molar-refractivity contribution is 5.81. The van der Waals surface area contributed by atoms with Gasteiger partial charge in [0.25, 0.3) is 0 Å². The van der Waals surface area contributed by atoms with Crippen molar-refractivity contribution in [3.8, 4) is 68.7 Å². The Labute approximate surface area is 395 Å². The van der Waals surface area contributed by atoms with Crippen molar-refractivity contribution < 1.29 is 90.3 Å². The van der Waals surface area contributed by atoms with Gasteiger partial charge >= 0.3 is 30.4 Å². The third-order valence-corrected chi connectivity index (χ3v) is 10.9. The van der Waals surface area contributed by atoms with Crippen LogP contribution in [0.25, 0.3) is 34.2 Å². The minimum absolute atomic E-state index is 0.0320. The topological polar surface area (TPSA) is 253 Å². The first-order valence-electron chi connectivity index (χ1n) is 21.9. The van der Waals surface area contributed by atoms with Gasteiger partial charge in [0.05, 0.1) is 84.3 Å². The SMILES string of the molecule is COC(=O)Oc1c(-c2nc(-c3ccc(OCCCOC(=O)C4CCO4)c(C)c3OC(=O)OC)nc(-c3ccc(OC4CCO4)c(C)c3OC(=O)OC)n2)ccc(OCCCOC(=O)C2CCO2)c1C. The quantitative estimate of drug-likeness (QED) is 0.0393. The molecule has 4 heterocycles. The van der Waals surface area contributed by atoms with Gasteiger partial charge in [-0.15, -0.1) is 0 Å². The maximum absolute atomic E-state index is 12.9. The van der Waals surface area contributed by atoms with E-state index in [0.717, 1.165) is 21.3 Å². The first-order valence-corrected chi connectivity index (χ1v) is 21.9. The molecule has 368 valence electrons. The molecule has 0 bridgehead atoms. The molecule has 0 amide bonds. The number of hydrogen-bond acceptors (Lipinski definition) is 22. The van der Waals surface area contributed by atoms with Crippen molar-refractivity contribution in [1.29, 1.82) is 0 Å². The minimum Gasteiger partial charge on any atom is -0.493 e. The van der Waals surface area contributed by atoms with Gasteiger partial charge in [-0.1, -0.05) is 0 Å². The number of benzene rings is 3. The van der Waals surface area contributed by atoms with Crippen LogP contribution in [0, 0.1) is 20.8 Å². The van der Waals surface area contributed by atoms with Crippen molar-refractivity contribution in [2.45, 2.75) is 71.4 Å². The number of carbonyl (C=O) groups is 5. The van der Waals surface area contributed by atoms with Crippen LogP contribution in [-0.4, -0.2) is 131 Å². The second-order valence-electron chi connectivity index (χ2n) is 15.4. The van der Waals surface area contributed by atoms with Crippen molar-refractivity contribution in [3.05, 3.63) is 53.1 Å². The van der Waals surface area contributed by atoms with Gasteiger partial charge in [0.15, 0.2) is 46.9 Å². The number of nitrogens with zero attached hydrogens (tertiary/aromatic N) is 3. The van der Waals surface area contributed by atoms with Crippen molar-refractivity contribution in [2.75, 3.05) is 67.6 Å². The lowest BCUT2D eigenvalue weighted by Gasteiger charge is -2.28. The molecule has 3 saturated heterocycles. The van der Waals surface area contributed by atoms with E-state index in [0.29, 0.717) is 85.9 Å². The van der Waals surface area contributed by atoms with E-state index in [9.17, 15) is 24.0 Å². The second-order valence-corrected chi connectivity index (χ2v) is 15.4. The Bertz CT molecular complexity index is 2410. The number of esters is 2. The zero-order valence-electron chi connectivity index (χ0n) is 38.8. The molecule has 3 fully saturated rings. The monoisotopic (exact) mass is 961 g/mol. The summed E-state index contributed by atoms with van der Waals surface area (Å²) in [7, 11) is 3.43. The molecule has 3 aliphatic heterocycles. The highest BCUT2D eigenvalue weighted by Gasteiger charge is 2.31. The molecule has 0 radical (unpaired) electrons. The summed E-state index contributed by atoms with van der Waals surface area (Å²) in [6, 6.07) is 9.52. The van der Waals surface area contributed by atoms with E-state index in [4.69, 9.17) is 81.3 Å². The number of aromatic nitrogens is 3. The number of ether oxygens (including phenoxy) is 14. The van der Waals surface area contributed by atoms with Gasteiger partial charge in [-0.2, -0.15) is 0 Å². The van der Waals surface area contributed by atoms with Crippen LogP contribution in [0.15, 0.2) is 36.4 Å². The maximum Gasteiger partial charge on any atom is 0.513 e. The molecule has 7 rings (SSSR count). The molecule has 3 unspecified atom stereocenters. The second kappa shape index (κ2) is 23.1.